The van der Waals surface area contributed by atoms with Gasteiger partial charge in [-0.15, -0.1) is 0 Å². The lowest BCUT2D eigenvalue weighted by molar-refractivity contribution is -0.161. The molecular formula is C15H24N2O2. The minimum atomic E-state index is -0.742. The van der Waals surface area contributed by atoms with Gasteiger partial charge < -0.3 is 10.2 Å². The number of hydrogen-bond donors (Lipinski definition) is 1. The van der Waals surface area contributed by atoms with Crippen LogP contribution in [0, 0.1) is 5.92 Å². The maximum atomic E-state index is 12.7. The molecule has 1 heterocycles. The minimum Gasteiger partial charge on any atom is -0.340 e. The maximum absolute atomic E-state index is 12.7. The summed E-state index contributed by atoms with van der Waals surface area (Å²) in [5.74, 6) is 0.972. The zero-order chi connectivity index (χ0) is 13.7. The fraction of sp³-hybridized carbons (Fsp3) is 0.867. The van der Waals surface area contributed by atoms with E-state index in [0.29, 0.717) is 0 Å². The molecule has 0 aromatic rings. The Bertz CT molecular complexity index is 406. The summed E-state index contributed by atoms with van der Waals surface area (Å²) in [6.07, 6.45) is 7.45. The van der Waals surface area contributed by atoms with E-state index < -0.39 is 11.1 Å². The van der Waals surface area contributed by atoms with Crippen molar-refractivity contribution in [1.29, 1.82) is 0 Å². The van der Waals surface area contributed by atoms with Crippen LogP contribution in [0.3, 0.4) is 0 Å². The number of carbonyl (C=O) groups is 2. The Morgan fingerprint density at radius 2 is 1.84 bits per heavy atom. The van der Waals surface area contributed by atoms with Gasteiger partial charge in [-0.3, -0.25) is 9.59 Å². The Morgan fingerprint density at radius 3 is 2.42 bits per heavy atom. The third-order valence-corrected chi connectivity index (χ3v) is 5.03. The highest BCUT2D eigenvalue weighted by molar-refractivity contribution is 6.02. The molecule has 1 spiro atoms. The number of hydrogen-bond acceptors (Lipinski definition) is 2. The number of carbonyl (C=O) groups excluding carboxylic acids is 2. The van der Waals surface area contributed by atoms with Crippen LogP contribution in [0.15, 0.2) is 0 Å². The summed E-state index contributed by atoms with van der Waals surface area (Å²) in [6, 6.07) is 0. The van der Waals surface area contributed by atoms with Crippen LogP contribution in [0.4, 0.5) is 0 Å². The fourth-order valence-corrected chi connectivity index (χ4v) is 3.60. The van der Waals surface area contributed by atoms with Crippen LogP contribution in [0.2, 0.25) is 0 Å². The molecule has 3 aliphatic rings. The Balaban J connectivity index is 1.86. The van der Waals surface area contributed by atoms with Crippen molar-refractivity contribution in [2.45, 2.75) is 69.9 Å². The highest BCUT2D eigenvalue weighted by atomic mass is 16.2. The fourth-order valence-electron chi connectivity index (χ4n) is 3.60. The number of rotatable bonds is 3. The van der Waals surface area contributed by atoms with Gasteiger partial charge in [-0.25, -0.2) is 0 Å². The van der Waals surface area contributed by atoms with Crippen LogP contribution in [0.1, 0.15) is 58.8 Å². The van der Waals surface area contributed by atoms with Crippen molar-refractivity contribution in [3.63, 3.8) is 0 Å². The highest BCUT2D eigenvalue weighted by Gasteiger charge is 2.56. The van der Waals surface area contributed by atoms with Gasteiger partial charge in [0.05, 0.1) is 0 Å². The Morgan fingerprint density at radius 1 is 1.21 bits per heavy atom. The minimum absolute atomic E-state index is 0.0744. The largest absolute Gasteiger partial charge is 0.340 e. The quantitative estimate of drug-likeness (QED) is 0.845. The van der Waals surface area contributed by atoms with Gasteiger partial charge in [0.15, 0.2) is 0 Å². The third-order valence-electron chi connectivity index (χ3n) is 5.03. The van der Waals surface area contributed by atoms with Crippen LogP contribution < -0.4 is 5.32 Å². The van der Waals surface area contributed by atoms with Crippen LogP contribution >= 0.6 is 0 Å². The zero-order valence-electron chi connectivity index (χ0n) is 12.0. The second-order valence-electron chi connectivity index (χ2n) is 7.01. The zero-order valence-corrected chi connectivity index (χ0v) is 12.0. The molecule has 4 heteroatoms. The lowest BCUT2D eigenvalue weighted by atomic mass is 9.85. The van der Waals surface area contributed by atoms with Crippen molar-refractivity contribution in [2.75, 3.05) is 6.54 Å². The van der Waals surface area contributed by atoms with Gasteiger partial charge >= 0.3 is 0 Å². The van der Waals surface area contributed by atoms with Gasteiger partial charge in [0.25, 0.3) is 0 Å². The van der Waals surface area contributed by atoms with E-state index in [1.165, 1.54) is 12.8 Å². The standard InChI is InChI=1S/C15H24N2O2/c1-14(2)13(19)17(10-7-11-5-6-11)15(12(18)16-14)8-3-4-9-15/h11H,3-10H2,1-2H3,(H,16,18). The van der Waals surface area contributed by atoms with Gasteiger partial charge in [-0.1, -0.05) is 25.7 Å². The molecule has 2 aliphatic carbocycles. The molecule has 0 bridgehead atoms. The number of piperazine rings is 1. The topological polar surface area (TPSA) is 49.4 Å². The van der Waals surface area contributed by atoms with Crippen LogP contribution in [0.25, 0.3) is 0 Å². The number of nitrogens with one attached hydrogen (secondary N) is 1. The van der Waals surface area contributed by atoms with E-state index in [4.69, 9.17) is 0 Å². The molecule has 3 fully saturated rings. The van der Waals surface area contributed by atoms with Crippen LogP contribution in [0.5, 0.6) is 0 Å². The average molecular weight is 264 g/mol. The van der Waals surface area contributed by atoms with Crippen LogP contribution in [-0.2, 0) is 9.59 Å². The van der Waals surface area contributed by atoms with Crippen molar-refractivity contribution in [1.82, 2.24) is 10.2 Å². The Hall–Kier alpha value is -1.06. The van der Waals surface area contributed by atoms with Crippen LogP contribution in [-0.4, -0.2) is 34.3 Å². The lowest BCUT2D eigenvalue weighted by Gasteiger charge is -2.49. The van der Waals surface area contributed by atoms with Crippen molar-refractivity contribution in [3.05, 3.63) is 0 Å². The summed E-state index contributed by atoms with van der Waals surface area (Å²) in [5, 5.41) is 2.94. The third kappa shape index (κ3) is 2.05. The predicted octanol–water partition coefficient (Wildman–Crippen LogP) is 1.84. The molecule has 1 saturated heterocycles. The van der Waals surface area contributed by atoms with E-state index in [-0.39, 0.29) is 11.8 Å². The molecule has 19 heavy (non-hydrogen) atoms. The van der Waals surface area contributed by atoms with E-state index in [0.717, 1.165) is 44.6 Å². The second-order valence-corrected chi connectivity index (χ2v) is 7.01. The molecule has 1 N–H and O–H groups in total. The van der Waals surface area contributed by atoms with Crippen molar-refractivity contribution < 1.29 is 9.59 Å². The first-order valence-corrected chi connectivity index (χ1v) is 7.60. The molecule has 0 aromatic carbocycles. The van der Waals surface area contributed by atoms with E-state index in [1.54, 1.807) is 0 Å². The molecule has 2 saturated carbocycles. The predicted molar refractivity (Wildman–Crippen MR) is 72.5 cm³/mol. The van der Waals surface area contributed by atoms with Crippen molar-refractivity contribution in [2.24, 2.45) is 5.92 Å². The lowest BCUT2D eigenvalue weighted by Crippen LogP contribution is -2.73. The molecule has 2 amide bonds. The first-order chi connectivity index (χ1) is 8.96. The summed E-state index contributed by atoms with van der Waals surface area (Å²) in [7, 11) is 0. The van der Waals surface area contributed by atoms with E-state index in [2.05, 4.69) is 5.32 Å². The summed E-state index contributed by atoms with van der Waals surface area (Å²) in [6.45, 7) is 4.40. The van der Waals surface area contributed by atoms with Gasteiger partial charge in [0.1, 0.15) is 11.1 Å². The monoisotopic (exact) mass is 264 g/mol. The Labute approximate surface area is 114 Å². The molecule has 3 rings (SSSR count). The molecule has 1 aliphatic heterocycles. The first-order valence-electron chi connectivity index (χ1n) is 7.60. The van der Waals surface area contributed by atoms with Crippen molar-refractivity contribution in [3.8, 4) is 0 Å². The normalized spacial score (nSPS) is 28.8. The smallest absolute Gasteiger partial charge is 0.248 e. The van der Waals surface area contributed by atoms with Gasteiger partial charge in [-0.05, 0) is 39.0 Å². The number of amides is 2. The summed E-state index contributed by atoms with van der Waals surface area (Å²) in [4.78, 5) is 27.2. The highest BCUT2D eigenvalue weighted by Crippen LogP contribution is 2.41. The molecule has 0 aromatic heterocycles. The number of nitrogens with zero attached hydrogens (tertiary/aromatic N) is 1. The molecule has 0 atom stereocenters. The molecule has 0 radical (unpaired) electrons. The summed E-state index contributed by atoms with van der Waals surface area (Å²) in [5.41, 5.74) is -1.27. The van der Waals surface area contributed by atoms with Gasteiger partial charge in [-0.2, -0.15) is 0 Å². The molecule has 106 valence electrons. The molecular weight excluding hydrogens is 240 g/mol. The molecule has 0 unspecified atom stereocenters. The van der Waals surface area contributed by atoms with E-state index in [9.17, 15) is 9.59 Å². The maximum Gasteiger partial charge on any atom is 0.248 e. The van der Waals surface area contributed by atoms with Gasteiger partial charge in [0.2, 0.25) is 11.8 Å². The SMILES string of the molecule is CC1(C)NC(=O)C2(CCCC2)N(CCC2CC2)C1=O. The van der Waals surface area contributed by atoms with Crippen molar-refractivity contribution >= 4 is 11.8 Å². The summed E-state index contributed by atoms with van der Waals surface area (Å²) >= 11 is 0. The van der Waals surface area contributed by atoms with E-state index in [1.807, 2.05) is 18.7 Å². The Kier molecular flexibility index (Phi) is 2.88. The average Bonchev–Trinajstić information content (AvgIpc) is 3.03. The second kappa shape index (κ2) is 4.22. The van der Waals surface area contributed by atoms with E-state index >= 15 is 0 Å². The summed E-state index contributed by atoms with van der Waals surface area (Å²) < 4.78 is 0. The first kappa shape index (κ1) is 12.9. The van der Waals surface area contributed by atoms with Gasteiger partial charge in [0, 0.05) is 6.54 Å². The molecule has 4 nitrogen and oxygen atoms in total.